The predicted molar refractivity (Wildman–Crippen MR) is 129 cm³/mol. The van der Waals surface area contributed by atoms with Crippen LogP contribution in [0.3, 0.4) is 0 Å². The van der Waals surface area contributed by atoms with E-state index in [0.717, 1.165) is 5.56 Å². The van der Waals surface area contributed by atoms with Crippen LogP contribution < -0.4 is 10.1 Å². The molecule has 4 rings (SSSR count). The first kappa shape index (κ1) is 21.8. The summed E-state index contributed by atoms with van der Waals surface area (Å²) in [7, 11) is 0. The molecule has 8 heteroatoms. The lowest BCUT2D eigenvalue weighted by Gasteiger charge is -2.10. The number of carbonyl (C=O) groups excluding carboxylic acids is 1. The summed E-state index contributed by atoms with van der Waals surface area (Å²) in [6, 6.07) is 19.9. The van der Waals surface area contributed by atoms with Crippen molar-refractivity contribution in [1.29, 1.82) is 0 Å². The zero-order chi connectivity index (χ0) is 21.8. The minimum absolute atomic E-state index is 0.253. The van der Waals surface area contributed by atoms with Crippen LogP contribution in [-0.2, 0) is 11.4 Å². The Bertz CT molecular complexity index is 1210. The van der Waals surface area contributed by atoms with Crippen molar-refractivity contribution >= 4 is 69.4 Å². The van der Waals surface area contributed by atoms with E-state index < -0.39 is 0 Å². The van der Waals surface area contributed by atoms with Crippen molar-refractivity contribution in [1.82, 2.24) is 5.32 Å². The molecule has 0 atom stereocenters. The van der Waals surface area contributed by atoms with E-state index in [1.807, 2.05) is 30.3 Å². The highest BCUT2D eigenvalue weighted by Crippen LogP contribution is 2.33. The fourth-order valence-electron chi connectivity index (χ4n) is 2.82. The summed E-state index contributed by atoms with van der Waals surface area (Å²) < 4.78 is 5.97. The molecule has 1 fully saturated rings. The molecule has 1 heterocycles. The van der Waals surface area contributed by atoms with E-state index >= 15 is 0 Å². The van der Waals surface area contributed by atoms with Gasteiger partial charge in [-0.05, 0) is 65.9 Å². The Morgan fingerprint density at radius 2 is 1.77 bits per heavy atom. The number of nitrogens with zero attached hydrogens (tertiary/aromatic N) is 1. The monoisotopic (exact) mass is 488 g/mol. The largest absolute Gasteiger partial charge is 0.488 e. The third kappa shape index (κ3) is 5.63. The van der Waals surface area contributed by atoms with Crippen molar-refractivity contribution < 1.29 is 9.53 Å². The molecule has 0 bridgehead atoms. The van der Waals surface area contributed by atoms with Gasteiger partial charge in [-0.15, -0.1) is 0 Å². The molecule has 0 radical (unpaired) electrons. The van der Waals surface area contributed by atoms with Crippen molar-refractivity contribution in [2.45, 2.75) is 6.61 Å². The van der Waals surface area contributed by atoms with Gasteiger partial charge in [0.1, 0.15) is 12.4 Å². The predicted octanol–water partition coefficient (Wildman–Crippen LogP) is 7.12. The number of halogens is 3. The number of hydrogen-bond acceptors (Lipinski definition) is 4. The highest BCUT2D eigenvalue weighted by Gasteiger charge is 2.24. The van der Waals surface area contributed by atoms with Gasteiger partial charge in [0.2, 0.25) is 0 Å². The van der Waals surface area contributed by atoms with E-state index in [-0.39, 0.29) is 5.91 Å². The van der Waals surface area contributed by atoms with Crippen LogP contribution in [0.1, 0.15) is 11.1 Å². The smallest absolute Gasteiger partial charge is 0.264 e. The minimum atomic E-state index is -0.253. The molecule has 3 aromatic carbocycles. The Labute approximate surface area is 198 Å². The SMILES string of the molecule is O=C1NC(=Nc2ccccc2Cl)S/C1=C\c1cc(Cl)ccc1OCc1cccc(Cl)c1. The van der Waals surface area contributed by atoms with Gasteiger partial charge in [-0.25, -0.2) is 4.99 Å². The van der Waals surface area contributed by atoms with Crippen molar-refractivity contribution in [2.24, 2.45) is 4.99 Å². The number of thioether (sulfide) groups is 1. The second kappa shape index (κ2) is 9.79. The molecule has 156 valence electrons. The number of amides is 1. The molecule has 1 amide bonds. The number of aliphatic imine (C=N–C) groups is 1. The number of ether oxygens (including phenoxy) is 1. The molecular formula is C23H15Cl3N2O2S. The van der Waals surface area contributed by atoms with Crippen molar-refractivity contribution in [2.75, 3.05) is 0 Å². The lowest BCUT2D eigenvalue weighted by atomic mass is 10.1. The van der Waals surface area contributed by atoms with Crippen LogP contribution in [-0.4, -0.2) is 11.1 Å². The van der Waals surface area contributed by atoms with Gasteiger partial charge < -0.3 is 10.1 Å². The minimum Gasteiger partial charge on any atom is -0.488 e. The summed E-state index contributed by atoms with van der Waals surface area (Å²) >= 11 is 19.6. The number of carbonyl (C=O) groups is 1. The Hall–Kier alpha value is -2.44. The van der Waals surface area contributed by atoms with E-state index in [1.54, 1.807) is 42.5 Å². The fraction of sp³-hybridized carbons (Fsp3) is 0.0435. The quantitative estimate of drug-likeness (QED) is 0.388. The molecule has 4 nitrogen and oxygen atoms in total. The van der Waals surface area contributed by atoms with Crippen molar-refractivity contribution in [3.05, 3.63) is 97.8 Å². The molecule has 0 saturated carbocycles. The highest BCUT2D eigenvalue weighted by atomic mass is 35.5. The molecule has 0 aliphatic carbocycles. The second-order valence-electron chi connectivity index (χ2n) is 6.53. The van der Waals surface area contributed by atoms with E-state index in [1.165, 1.54) is 11.8 Å². The van der Waals surface area contributed by atoms with E-state index in [0.29, 0.717) is 48.7 Å². The molecular weight excluding hydrogens is 475 g/mol. The Balaban J connectivity index is 1.57. The molecule has 31 heavy (non-hydrogen) atoms. The number of para-hydroxylation sites is 1. The van der Waals surface area contributed by atoms with Gasteiger partial charge in [-0.3, -0.25) is 4.79 Å². The van der Waals surface area contributed by atoms with Crippen LogP contribution in [0.15, 0.2) is 76.6 Å². The maximum absolute atomic E-state index is 12.5. The first-order valence-corrected chi connectivity index (χ1v) is 11.1. The lowest BCUT2D eigenvalue weighted by molar-refractivity contribution is -0.115. The number of nitrogens with one attached hydrogen (secondary N) is 1. The second-order valence-corrected chi connectivity index (χ2v) is 8.84. The van der Waals surface area contributed by atoms with Gasteiger partial charge in [0.05, 0.1) is 15.6 Å². The fourth-order valence-corrected chi connectivity index (χ4v) is 4.22. The van der Waals surface area contributed by atoms with Gasteiger partial charge in [-0.2, -0.15) is 0 Å². The number of rotatable bonds is 5. The molecule has 0 spiro atoms. The van der Waals surface area contributed by atoms with Crippen LogP contribution in [0.4, 0.5) is 5.69 Å². The van der Waals surface area contributed by atoms with Crippen LogP contribution in [0.5, 0.6) is 5.75 Å². The van der Waals surface area contributed by atoms with Crippen LogP contribution >= 0.6 is 46.6 Å². The topological polar surface area (TPSA) is 50.7 Å². The zero-order valence-corrected chi connectivity index (χ0v) is 19.0. The maximum Gasteiger partial charge on any atom is 0.264 e. The van der Waals surface area contributed by atoms with Crippen LogP contribution in [0.2, 0.25) is 15.1 Å². The average Bonchev–Trinajstić information content (AvgIpc) is 3.08. The third-order valence-electron chi connectivity index (χ3n) is 4.27. The Morgan fingerprint density at radius 3 is 2.58 bits per heavy atom. The van der Waals surface area contributed by atoms with E-state index in [4.69, 9.17) is 39.5 Å². The maximum atomic E-state index is 12.5. The number of amidine groups is 1. The highest BCUT2D eigenvalue weighted by molar-refractivity contribution is 8.18. The Morgan fingerprint density at radius 1 is 0.968 bits per heavy atom. The number of hydrogen-bond donors (Lipinski definition) is 1. The van der Waals surface area contributed by atoms with E-state index in [2.05, 4.69) is 10.3 Å². The van der Waals surface area contributed by atoms with Crippen molar-refractivity contribution in [3.8, 4) is 5.75 Å². The Kier molecular flexibility index (Phi) is 6.88. The first-order valence-electron chi connectivity index (χ1n) is 9.19. The summed E-state index contributed by atoms with van der Waals surface area (Å²) in [5.74, 6) is 0.346. The van der Waals surface area contributed by atoms with E-state index in [9.17, 15) is 4.79 Å². The summed E-state index contributed by atoms with van der Waals surface area (Å²) in [6.45, 7) is 0.330. The van der Waals surface area contributed by atoms with Crippen LogP contribution in [0.25, 0.3) is 6.08 Å². The molecule has 0 aromatic heterocycles. The molecule has 1 aliphatic rings. The zero-order valence-electron chi connectivity index (χ0n) is 15.9. The van der Waals surface area contributed by atoms with Gasteiger partial charge in [0, 0.05) is 15.6 Å². The van der Waals surface area contributed by atoms with Gasteiger partial charge in [-0.1, -0.05) is 59.1 Å². The summed E-state index contributed by atoms with van der Waals surface area (Å²) in [4.78, 5) is 17.4. The van der Waals surface area contributed by atoms with Crippen LogP contribution in [0, 0.1) is 0 Å². The summed E-state index contributed by atoms with van der Waals surface area (Å²) in [5.41, 5.74) is 2.20. The van der Waals surface area contributed by atoms with Crippen molar-refractivity contribution in [3.63, 3.8) is 0 Å². The lowest BCUT2D eigenvalue weighted by Crippen LogP contribution is -2.19. The van der Waals surface area contributed by atoms with Gasteiger partial charge in [0.15, 0.2) is 5.17 Å². The molecule has 1 N–H and O–H groups in total. The summed E-state index contributed by atoms with van der Waals surface area (Å²) in [5, 5.41) is 4.90. The molecule has 1 aliphatic heterocycles. The third-order valence-corrected chi connectivity index (χ3v) is 5.97. The first-order chi connectivity index (χ1) is 15.0. The average molecular weight is 490 g/mol. The molecule has 3 aromatic rings. The van der Waals surface area contributed by atoms with Gasteiger partial charge in [0.25, 0.3) is 5.91 Å². The van der Waals surface area contributed by atoms with Gasteiger partial charge >= 0.3 is 0 Å². The molecule has 0 unspecified atom stereocenters. The normalized spacial score (nSPS) is 16.0. The number of benzene rings is 3. The molecule has 1 saturated heterocycles. The summed E-state index contributed by atoms with van der Waals surface area (Å²) in [6.07, 6.45) is 1.73. The standard InChI is InChI=1S/C23H15Cl3N2O2S/c24-16-5-3-4-14(10-16)13-30-20-9-8-17(25)11-15(20)12-21-22(29)28-23(31-21)27-19-7-2-1-6-18(19)26/h1-12H,13H2,(H,27,28,29)/b21-12-.